The number of rotatable bonds is 8. The summed E-state index contributed by atoms with van der Waals surface area (Å²) in [6.45, 7) is 6.14. The summed E-state index contributed by atoms with van der Waals surface area (Å²) in [6, 6.07) is 6.63. The number of carbonyl (C=O) groups excluding carboxylic acids is 3. The van der Waals surface area contributed by atoms with Crippen LogP contribution in [0.4, 0.5) is 0 Å². The van der Waals surface area contributed by atoms with Crippen molar-refractivity contribution >= 4 is 17.8 Å². The number of aliphatic hydroxyl groups is 1. The van der Waals surface area contributed by atoms with Crippen LogP contribution in [0.3, 0.4) is 0 Å². The van der Waals surface area contributed by atoms with Gasteiger partial charge in [-0.25, -0.2) is 10.4 Å². The zero-order valence-corrected chi connectivity index (χ0v) is 15.3. The van der Waals surface area contributed by atoms with Crippen LogP contribution in [0.2, 0.25) is 0 Å². The number of carbonyl (C=O) groups is 3. The molecular formula is C18H25N3O5. The Morgan fingerprint density at radius 1 is 1.15 bits per heavy atom. The normalized spacial score (nSPS) is 14.1. The molecule has 1 aliphatic heterocycles. The van der Waals surface area contributed by atoms with Gasteiger partial charge in [-0.05, 0) is 32.9 Å². The summed E-state index contributed by atoms with van der Waals surface area (Å²) in [5.41, 5.74) is 2.95. The molecule has 0 saturated carbocycles. The van der Waals surface area contributed by atoms with Gasteiger partial charge in [0.05, 0.1) is 24.3 Å². The van der Waals surface area contributed by atoms with Gasteiger partial charge in [-0.2, -0.15) is 0 Å². The molecule has 0 spiro atoms. The summed E-state index contributed by atoms with van der Waals surface area (Å²) in [5, 5.41) is 10.1. The second-order valence-corrected chi connectivity index (χ2v) is 6.99. The molecule has 0 fully saturated rings. The van der Waals surface area contributed by atoms with Gasteiger partial charge >= 0.3 is 5.97 Å². The van der Waals surface area contributed by atoms with Crippen LogP contribution in [0.1, 0.15) is 41.5 Å². The molecule has 0 saturated heterocycles. The number of fused-ring (bicyclic) bond motifs is 1. The summed E-state index contributed by atoms with van der Waals surface area (Å²) in [5.74, 6) is -1.19. The first-order valence-electron chi connectivity index (χ1n) is 8.49. The summed E-state index contributed by atoms with van der Waals surface area (Å²) in [6.07, 6.45) is 0. The lowest BCUT2D eigenvalue weighted by Gasteiger charge is -2.25. The maximum absolute atomic E-state index is 12.3. The van der Waals surface area contributed by atoms with E-state index in [1.54, 1.807) is 49.9 Å². The molecule has 2 rings (SSSR count). The largest absolute Gasteiger partial charge is 0.459 e. The van der Waals surface area contributed by atoms with E-state index in [-0.39, 0.29) is 26.2 Å². The van der Waals surface area contributed by atoms with Crippen LogP contribution in [-0.4, -0.2) is 71.2 Å². The highest BCUT2D eigenvalue weighted by Crippen LogP contribution is 2.20. The van der Waals surface area contributed by atoms with Gasteiger partial charge in [-0.3, -0.25) is 19.3 Å². The Kier molecular flexibility index (Phi) is 6.47. The number of benzene rings is 1. The Morgan fingerprint density at radius 2 is 1.73 bits per heavy atom. The Morgan fingerprint density at radius 3 is 2.23 bits per heavy atom. The van der Waals surface area contributed by atoms with Gasteiger partial charge < -0.3 is 9.84 Å². The Hall–Kier alpha value is -2.29. The molecule has 8 nitrogen and oxygen atoms in total. The fraction of sp³-hybridized carbons (Fsp3) is 0.500. The van der Waals surface area contributed by atoms with E-state index in [1.807, 2.05) is 0 Å². The lowest BCUT2D eigenvalue weighted by atomic mass is 10.1. The fourth-order valence-corrected chi connectivity index (χ4v) is 2.62. The standard InChI is InChI=1S/C18H25N3O5/c1-18(2,3)26-15(23)12-20(10-11-22)9-8-19-21-16(24)13-6-4-5-7-14(13)17(21)25/h4-7,19,22H,8-12H2,1-3H3. The summed E-state index contributed by atoms with van der Waals surface area (Å²) >= 11 is 0. The van der Waals surface area contributed by atoms with Crippen molar-refractivity contribution in [1.29, 1.82) is 0 Å². The van der Waals surface area contributed by atoms with Crippen LogP contribution < -0.4 is 5.43 Å². The van der Waals surface area contributed by atoms with E-state index in [1.165, 1.54) is 0 Å². The van der Waals surface area contributed by atoms with Gasteiger partial charge in [0.15, 0.2) is 0 Å². The molecule has 0 aromatic heterocycles. The minimum absolute atomic E-state index is 0.0155. The highest BCUT2D eigenvalue weighted by Gasteiger charge is 2.35. The Balaban J connectivity index is 1.87. The molecule has 0 radical (unpaired) electrons. The van der Waals surface area contributed by atoms with Crippen molar-refractivity contribution in [3.63, 3.8) is 0 Å². The van der Waals surface area contributed by atoms with E-state index < -0.39 is 23.4 Å². The molecule has 1 aromatic rings. The lowest BCUT2D eigenvalue weighted by Crippen LogP contribution is -2.47. The highest BCUT2D eigenvalue weighted by molar-refractivity contribution is 6.20. The van der Waals surface area contributed by atoms with Crippen LogP contribution in [-0.2, 0) is 9.53 Å². The van der Waals surface area contributed by atoms with Gasteiger partial charge in [-0.15, -0.1) is 0 Å². The zero-order valence-electron chi connectivity index (χ0n) is 15.3. The Bertz CT molecular complexity index is 649. The third kappa shape index (κ3) is 5.10. The van der Waals surface area contributed by atoms with E-state index in [9.17, 15) is 14.4 Å². The predicted octanol–water partition coefficient (Wildman–Crippen LogP) is 0.423. The number of hydrazine groups is 1. The number of esters is 1. The van der Waals surface area contributed by atoms with Crippen LogP contribution >= 0.6 is 0 Å². The molecule has 1 aliphatic rings. The number of aliphatic hydroxyl groups excluding tert-OH is 1. The van der Waals surface area contributed by atoms with Crippen LogP contribution in [0.15, 0.2) is 24.3 Å². The molecular weight excluding hydrogens is 338 g/mol. The molecule has 1 heterocycles. The second kappa shape index (κ2) is 8.39. The van der Waals surface area contributed by atoms with Gasteiger partial charge in [0.1, 0.15) is 5.60 Å². The van der Waals surface area contributed by atoms with E-state index in [0.717, 1.165) is 5.01 Å². The topological polar surface area (TPSA) is 99.2 Å². The minimum Gasteiger partial charge on any atom is -0.459 e. The molecule has 0 bridgehead atoms. The quantitative estimate of drug-likeness (QED) is 0.510. The van der Waals surface area contributed by atoms with Gasteiger partial charge in [0, 0.05) is 19.6 Å². The predicted molar refractivity (Wildman–Crippen MR) is 94.3 cm³/mol. The van der Waals surface area contributed by atoms with Crippen molar-refractivity contribution in [2.24, 2.45) is 0 Å². The van der Waals surface area contributed by atoms with Crippen molar-refractivity contribution in [3.8, 4) is 0 Å². The maximum atomic E-state index is 12.3. The Labute approximate surface area is 152 Å². The van der Waals surface area contributed by atoms with Crippen LogP contribution in [0.5, 0.6) is 0 Å². The van der Waals surface area contributed by atoms with E-state index in [4.69, 9.17) is 9.84 Å². The number of imide groups is 1. The number of hydrogen-bond donors (Lipinski definition) is 2. The van der Waals surface area contributed by atoms with E-state index in [0.29, 0.717) is 17.7 Å². The maximum Gasteiger partial charge on any atom is 0.320 e. The van der Waals surface area contributed by atoms with Crippen LogP contribution in [0, 0.1) is 0 Å². The van der Waals surface area contributed by atoms with Gasteiger partial charge in [0.2, 0.25) is 0 Å². The van der Waals surface area contributed by atoms with Crippen molar-refractivity contribution in [3.05, 3.63) is 35.4 Å². The number of nitrogens with one attached hydrogen (secondary N) is 1. The van der Waals surface area contributed by atoms with Crippen molar-refractivity contribution < 1.29 is 24.2 Å². The third-order valence-electron chi connectivity index (χ3n) is 3.68. The molecule has 2 amide bonds. The molecule has 0 unspecified atom stereocenters. The molecule has 0 aliphatic carbocycles. The molecule has 2 N–H and O–H groups in total. The van der Waals surface area contributed by atoms with Crippen LogP contribution in [0.25, 0.3) is 0 Å². The summed E-state index contributed by atoms with van der Waals surface area (Å²) < 4.78 is 5.27. The minimum atomic E-state index is -0.583. The van der Waals surface area contributed by atoms with E-state index >= 15 is 0 Å². The number of ether oxygens (including phenoxy) is 1. The van der Waals surface area contributed by atoms with Crippen molar-refractivity contribution in [1.82, 2.24) is 15.3 Å². The number of nitrogens with zero attached hydrogens (tertiary/aromatic N) is 2. The number of hydrogen-bond acceptors (Lipinski definition) is 7. The molecule has 8 heteroatoms. The van der Waals surface area contributed by atoms with Crippen molar-refractivity contribution in [2.75, 3.05) is 32.8 Å². The highest BCUT2D eigenvalue weighted by atomic mass is 16.6. The SMILES string of the molecule is CC(C)(C)OC(=O)CN(CCO)CCNN1C(=O)c2ccccc2C1=O. The van der Waals surface area contributed by atoms with Crippen molar-refractivity contribution in [2.45, 2.75) is 26.4 Å². The summed E-state index contributed by atoms with van der Waals surface area (Å²) in [7, 11) is 0. The average molecular weight is 363 g/mol. The third-order valence-corrected chi connectivity index (χ3v) is 3.68. The molecule has 1 aromatic carbocycles. The average Bonchev–Trinajstić information content (AvgIpc) is 2.78. The molecule has 0 atom stereocenters. The first-order valence-corrected chi connectivity index (χ1v) is 8.49. The second-order valence-electron chi connectivity index (χ2n) is 6.99. The lowest BCUT2D eigenvalue weighted by molar-refractivity contribution is -0.156. The molecule has 26 heavy (non-hydrogen) atoms. The number of amides is 2. The van der Waals surface area contributed by atoms with E-state index in [2.05, 4.69) is 5.43 Å². The zero-order chi connectivity index (χ0) is 19.3. The fourth-order valence-electron chi connectivity index (χ4n) is 2.62. The molecule has 142 valence electrons. The first-order chi connectivity index (χ1) is 12.2. The summed E-state index contributed by atoms with van der Waals surface area (Å²) in [4.78, 5) is 38.1. The van der Waals surface area contributed by atoms with Gasteiger partial charge in [0.25, 0.3) is 11.8 Å². The smallest absolute Gasteiger partial charge is 0.320 e. The monoisotopic (exact) mass is 363 g/mol. The van der Waals surface area contributed by atoms with Gasteiger partial charge in [-0.1, -0.05) is 12.1 Å². The first kappa shape index (κ1) is 20.0.